The summed E-state index contributed by atoms with van der Waals surface area (Å²) in [5.74, 6) is 0.345. The van der Waals surface area contributed by atoms with Gasteiger partial charge >= 0.3 is 0 Å². The molecule has 0 spiro atoms. The lowest BCUT2D eigenvalue weighted by Crippen LogP contribution is -2.54. The second-order valence-corrected chi connectivity index (χ2v) is 7.51. The second-order valence-electron chi connectivity index (χ2n) is 7.51. The molecule has 0 bridgehead atoms. The molecule has 0 aliphatic heterocycles. The smallest absolute Gasteiger partial charge is 0.269 e. The second kappa shape index (κ2) is 7.41. The number of carbonyl (C=O) groups is 1. The van der Waals surface area contributed by atoms with Crippen molar-refractivity contribution in [1.29, 1.82) is 0 Å². The van der Waals surface area contributed by atoms with Crippen molar-refractivity contribution in [3.8, 4) is 0 Å². The van der Waals surface area contributed by atoms with Crippen LogP contribution in [0.2, 0.25) is 0 Å². The van der Waals surface area contributed by atoms with Crippen LogP contribution in [0.5, 0.6) is 0 Å². The molecule has 3 N–H and O–H groups in total. The third-order valence-electron chi connectivity index (χ3n) is 5.42. The van der Waals surface area contributed by atoms with Crippen molar-refractivity contribution < 1.29 is 15.0 Å². The van der Waals surface area contributed by atoms with Gasteiger partial charge in [-0.05, 0) is 12.8 Å². The molecule has 0 aromatic carbocycles. The first kappa shape index (κ1) is 19.3. The average Bonchev–Trinajstić information content (AvgIpc) is 3.31. The van der Waals surface area contributed by atoms with Crippen LogP contribution in [0.1, 0.15) is 29.4 Å². The SMILES string of the molecule is CN(C)c1ncnc2c1ncn2[C@@H]1CC[C@@H](NC(=O)c2cncn2C)[C@@H](O)[C@@H]1O. The molecular formula is C18H24N8O3. The van der Waals surface area contributed by atoms with Gasteiger partial charge in [0.05, 0.1) is 30.9 Å². The van der Waals surface area contributed by atoms with Crippen LogP contribution >= 0.6 is 0 Å². The van der Waals surface area contributed by atoms with Gasteiger partial charge in [-0.1, -0.05) is 0 Å². The third kappa shape index (κ3) is 3.32. The van der Waals surface area contributed by atoms with Gasteiger partial charge in [-0.25, -0.2) is 19.9 Å². The number of hydrogen-bond acceptors (Lipinski definition) is 8. The largest absolute Gasteiger partial charge is 0.388 e. The van der Waals surface area contributed by atoms with Gasteiger partial charge in [-0.2, -0.15) is 0 Å². The van der Waals surface area contributed by atoms with Crippen LogP contribution < -0.4 is 10.2 Å². The van der Waals surface area contributed by atoms with Crippen molar-refractivity contribution in [3.63, 3.8) is 0 Å². The Morgan fingerprint density at radius 1 is 1.17 bits per heavy atom. The van der Waals surface area contributed by atoms with Crippen LogP contribution in [-0.2, 0) is 7.05 Å². The molecule has 1 aliphatic carbocycles. The van der Waals surface area contributed by atoms with Gasteiger partial charge in [0.2, 0.25) is 0 Å². The van der Waals surface area contributed by atoms with E-state index in [2.05, 4.69) is 25.3 Å². The summed E-state index contributed by atoms with van der Waals surface area (Å²) in [6, 6.07) is -0.977. The van der Waals surface area contributed by atoms with Gasteiger partial charge in [0.25, 0.3) is 5.91 Å². The number of amides is 1. The Bertz CT molecular complexity index is 1030. The Hall–Kier alpha value is -3.05. The Kier molecular flexibility index (Phi) is 4.92. The quantitative estimate of drug-likeness (QED) is 0.533. The van der Waals surface area contributed by atoms with Gasteiger partial charge in [-0.3, -0.25) is 4.79 Å². The normalized spacial score (nSPS) is 24.6. The summed E-state index contributed by atoms with van der Waals surface area (Å²) in [5.41, 5.74) is 1.62. The van der Waals surface area contributed by atoms with Crippen LogP contribution in [0.3, 0.4) is 0 Å². The number of aliphatic hydroxyl groups is 2. The first-order valence-corrected chi connectivity index (χ1v) is 9.36. The fraction of sp³-hybridized carbons (Fsp3) is 0.500. The minimum absolute atomic E-state index is 0.337. The van der Waals surface area contributed by atoms with Gasteiger partial charge in [0.15, 0.2) is 17.0 Å². The Balaban J connectivity index is 1.54. The first-order chi connectivity index (χ1) is 13.9. The molecule has 1 aliphatic rings. The van der Waals surface area contributed by atoms with E-state index in [1.807, 2.05) is 19.0 Å². The highest BCUT2D eigenvalue weighted by Gasteiger charge is 2.40. The summed E-state index contributed by atoms with van der Waals surface area (Å²) < 4.78 is 3.38. The molecule has 4 atom stereocenters. The van der Waals surface area contributed by atoms with Gasteiger partial charge in [-0.15, -0.1) is 0 Å². The summed E-state index contributed by atoms with van der Waals surface area (Å²) >= 11 is 0. The van der Waals surface area contributed by atoms with Crippen LogP contribution in [0.15, 0.2) is 25.2 Å². The zero-order chi connectivity index (χ0) is 20.7. The summed E-state index contributed by atoms with van der Waals surface area (Å²) in [4.78, 5) is 31.2. The lowest BCUT2D eigenvalue weighted by molar-refractivity contribution is -0.0553. The van der Waals surface area contributed by atoms with Crippen LogP contribution in [-0.4, -0.2) is 77.5 Å². The van der Waals surface area contributed by atoms with E-state index in [1.165, 1.54) is 18.9 Å². The lowest BCUT2D eigenvalue weighted by Gasteiger charge is -2.38. The van der Waals surface area contributed by atoms with E-state index >= 15 is 0 Å². The standard InChI is InChI=1S/C18H24N8O3/c1-24(2)16-13-17(21-7-20-16)26(9-22-13)11-5-4-10(14(27)15(11)28)23-18(29)12-6-19-8-25(12)3/h6-11,14-15,27-28H,4-5H2,1-3H3,(H,23,29)/t10-,11-,14-,15-/m1/s1. The van der Waals surface area contributed by atoms with E-state index in [9.17, 15) is 15.0 Å². The number of imidazole rings is 2. The maximum absolute atomic E-state index is 12.4. The van der Waals surface area contributed by atoms with Crippen LogP contribution in [0.25, 0.3) is 11.2 Å². The topological polar surface area (TPSA) is 134 Å². The highest BCUT2D eigenvalue weighted by Crippen LogP contribution is 2.32. The number of rotatable bonds is 4. The van der Waals surface area contributed by atoms with E-state index in [0.29, 0.717) is 35.5 Å². The molecule has 11 heteroatoms. The molecule has 3 aromatic heterocycles. The van der Waals surface area contributed by atoms with Crippen molar-refractivity contribution in [3.05, 3.63) is 30.9 Å². The number of aryl methyl sites for hydroxylation is 1. The molecule has 3 aromatic rings. The molecule has 29 heavy (non-hydrogen) atoms. The zero-order valence-electron chi connectivity index (χ0n) is 16.5. The highest BCUT2D eigenvalue weighted by molar-refractivity contribution is 5.92. The Labute approximate surface area is 167 Å². The number of nitrogens with one attached hydrogen (secondary N) is 1. The fourth-order valence-corrected chi connectivity index (χ4v) is 3.85. The minimum atomic E-state index is -1.13. The van der Waals surface area contributed by atoms with Gasteiger partial charge < -0.3 is 29.6 Å². The fourth-order valence-electron chi connectivity index (χ4n) is 3.85. The summed E-state index contributed by atoms with van der Waals surface area (Å²) in [5, 5.41) is 24.3. The lowest BCUT2D eigenvalue weighted by atomic mass is 9.85. The summed E-state index contributed by atoms with van der Waals surface area (Å²) in [7, 11) is 5.46. The van der Waals surface area contributed by atoms with Gasteiger partial charge in [0, 0.05) is 21.1 Å². The van der Waals surface area contributed by atoms with E-state index in [0.717, 1.165) is 0 Å². The molecule has 11 nitrogen and oxygen atoms in total. The van der Waals surface area contributed by atoms with Crippen molar-refractivity contribution in [2.24, 2.45) is 7.05 Å². The van der Waals surface area contributed by atoms with Crippen LogP contribution in [0, 0.1) is 0 Å². The van der Waals surface area contributed by atoms with E-state index < -0.39 is 24.3 Å². The molecule has 0 radical (unpaired) electrons. The molecule has 1 fully saturated rings. The predicted molar refractivity (Wildman–Crippen MR) is 104 cm³/mol. The number of fused-ring (bicyclic) bond motifs is 1. The first-order valence-electron chi connectivity index (χ1n) is 9.36. The molecule has 154 valence electrons. The van der Waals surface area contributed by atoms with Crippen molar-refractivity contribution in [1.82, 2.24) is 34.4 Å². The molecule has 0 saturated heterocycles. The summed E-state index contributed by atoms with van der Waals surface area (Å²) in [6.07, 6.45) is 4.89. The number of anilines is 1. The average molecular weight is 400 g/mol. The third-order valence-corrected chi connectivity index (χ3v) is 5.42. The van der Waals surface area contributed by atoms with E-state index in [-0.39, 0.29) is 5.91 Å². The van der Waals surface area contributed by atoms with E-state index in [4.69, 9.17) is 0 Å². The molecule has 4 rings (SSSR count). The number of aromatic nitrogens is 6. The number of hydrogen-bond donors (Lipinski definition) is 3. The van der Waals surface area contributed by atoms with E-state index in [1.54, 1.807) is 22.5 Å². The number of aliphatic hydroxyl groups excluding tert-OH is 2. The molecule has 3 heterocycles. The Morgan fingerprint density at radius 2 is 1.97 bits per heavy atom. The minimum Gasteiger partial charge on any atom is -0.388 e. The van der Waals surface area contributed by atoms with Crippen LogP contribution in [0.4, 0.5) is 5.82 Å². The monoisotopic (exact) mass is 400 g/mol. The summed E-state index contributed by atoms with van der Waals surface area (Å²) in [6.45, 7) is 0. The van der Waals surface area contributed by atoms with Crippen molar-refractivity contribution in [2.75, 3.05) is 19.0 Å². The van der Waals surface area contributed by atoms with Crippen molar-refractivity contribution in [2.45, 2.75) is 37.1 Å². The maximum atomic E-state index is 12.4. The maximum Gasteiger partial charge on any atom is 0.269 e. The number of carbonyl (C=O) groups excluding carboxylic acids is 1. The van der Waals surface area contributed by atoms with Gasteiger partial charge in [0.1, 0.15) is 24.2 Å². The highest BCUT2D eigenvalue weighted by atomic mass is 16.3. The Morgan fingerprint density at radius 3 is 2.66 bits per heavy atom. The van der Waals surface area contributed by atoms with Crippen molar-refractivity contribution >= 4 is 22.9 Å². The predicted octanol–water partition coefficient (Wildman–Crippen LogP) is -0.519. The zero-order valence-corrected chi connectivity index (χ0v) is 16.5. The molecule has 1 amide bonds. The molecule has 1 saturated carbocycles. The molecule has 0 unspecified atom stereocenters. The molecular weight excluding hydrogens is 376 g/mol. The number of nitrogens with zero attached hydrogens (tertiary/aromatic N) is 7.